The number of nitrogens with one attached hydrogen (secondary N) is 1. The Morgan fingerprint density at radius 1 is 1.41 bits per heavy atom. The summed E-state index contributed by atoms with van der Waals surface area (Å²) in [5.41, 5.74) is 0. The Labute approximate surface area is 129 Å². The van der Waals surface area contributed by atoms with Crippen molar-refractivity contribution in [1.82, 2.24) is 10.2 Å². The fourth-order valence-electron chi connectivity index (χ4n) is 2.71. The number of piperidine rings is 1. The number of halogens is 2. The predicted molar refractivity (Wildman–Crippen MR) is 79.9 cm³/mol. The average molecular weight is 312 g/mol. The normalized spacial score (nSPS) is 18.1. The van der Waals surface area contributed by atoms with Gasteiger partial charge >= 0.3 is 6.03 Å². The van der Waals surface area contributed by atoms with Crippen LogP contribution in [0.3, 0.4) is 0 Å². The van der Waals surface area contributed by atoms with Gasteiger partial charge in [0.15, 0.2) is 11.6 Å². The van der Waals surface area contributed by atoms with Crippen molar-refractivity contribution in [3.63, 3.8) is 0 Å². The van der Waals surface area contributed by atoms with E-state index in [4.69, 9.17) is 4.74 Å². The smallest absolute Gasteiger partial charge is 0.317 e. The third kappa shape index (κ3) is 4.32. The van der Waals surface area contributed by atoms with Crippen molar-refractivity contribution >= 4 is 6.03 Å². The van der Waals surface area contributed by atoms with Gasteiger partial charge in [0.2, 0.25) is 0 Å². The number of hydrogen-bond acceptors (Lipinski definition) is 2. The zero-order valence-corrected chi connectivity index (χ0v) is 12.8. The number of urea groups is 1. The maximum atomic E-state index is 13.4. The molecule has 0 aliphatic carbocycles. The second kappa shape index (κ2) is 7.96. The summed E-state index contributed by atoms with van der Waals surface area (Å²) in [5, 5.41) is 2.78. The van der Waals surface area contributed by atoms with Crippen LogP contribution in [0, 0.1) is 11.6 Å². The van der Waals surface area contributed by atoms with E-state index >= 15 is 0 Å². The first-order chi connectivity index (χ1) is 10.6. The van der Waals surface area contributed by atoms with Gasteiger partial charge in [-0.3, -0.25) is 0 Å². The molecule has 1 N–H and O–H groups in total. The maximum Gasteiger partial charge on any atom is 0.317 e. The van der Waals surface area contributed by atoms with Crippen molar-refractivity contribution in [2.24, 2.45) is 0 Å². The van der Waals surface area contributed by atoms with Crippen LogP contribution in [0.25, 0.3) is 0 Å². The molecule has 6 heteroatoms. The SMILES string of the molecule is CCC1CCCCN1C(=O)NCCOc1ccc(F)cc1F. The Kier molecular flexibility index (Phi) is 5.98. The summed E-state index contributed by atoms with van der Waals surface area (Å²) in [7, 11) is 0. The lowest BCUT2D eigenvalue weighted by Gasteiger charge is -2.35. The predicted octanol–water partition coefficient (Wildman–Crippen LogP) is 3.32. The summed E-state index contributed by atoms with van der Waals surface area (Å²) in [4.78, 5) is 14.0. The summed E-state index contributed by atoms with van der Waals surface area (Å²) in [6, 6.07) is 3.34. The number of amides is 2. The molecule has 1 atom stereocenters. The van der Waals surface area contributed by atoms with Crippen molar-refractivity contribution in [2.75, 3.05) is 19.7 Å². The lowest BCUT2D eigenvalue weighted by atomic mass is 10.0. The number of likely N-dealkylation sites (tertiary alicyclic amines) is 1. The van der Waals surface area contributed by atoms with Gasteiger partial charge in [0, 0.05) is 18.7 Å². The molecule has 1 fully saturated rings. The zero-order chi connectivity index (χ0) is 15.9. The van der Waals surface area contributed by atoms with Gasteiger partial charge < -0.3 is 15.0 Å². The largest absolute Gasteiger partial charge is 0.489 e. The maximum absolute atomic E-state index is 13.4. The molecule has 1 saturated heterocycles. The van der Waals surface area contributed by atoms with Crippen LogP contribution in [0.4, 0.5) is 13.6 Å². The quantitative estimate of drug-likeness (QED) is 0.848. The van der Waals surface area contributed by atoms with Gasteiger partial charge in [-0.25, -0.2) is 13.6 Å². The Hall–Kier alpha value is -1.85. The van der Waals surface area contributed by atoms with E-state index in [1.165, 1.54) is 6.07 Å². The lowest BCUT2D eigenvalue weighted by molar-refractivity contribution is 0.147. The second-order valence-electron chi connectivity index (χ2n) is 5.41. The first-order valence-corrected chi connectivity index (χ1v) is 7.74. The molecule has 1 aliphatic heterocycles. The Morgan fingerprint density at radius 2 is 2.23 bits per heavy atom. The van der Waals surface area contributed by atoms with Crippen LogP contribution >= 0.6 is 0 Å². The summed E-state index contributed by atoms with van der Waals surface area (Å²) in [6.07, 6.45) is 4.18. The van der Waals surface area contributed by atoms with E-state index in [0.29, 0.717) is 6.04 Å². The van der Waals surface area contributed by atoms with Crippen LogP contribution in [0.15, 0.2) is 18.2 Å². The molecule has 0 spiro atoms. The van der Waals surface area contributed by atoms with Gasteiger partial charge in [0.25, 0.3) is 0 Å². The number of hydrogen-bond donors (Lipinski definition) is 1. The van der Waals surface area contributed by atoms with E-state index in [1.54, 1.807) is 0 Å². The van der Waals surface area contributed by atoms with Gasteiger partial charge in [-0.2, -0.15) is 0 Å². The third-order valence-electron chi connectivity index (χ3n) is 3.89. The minimum atomic E-state index is -0.742. The molecule has 1 heterocycles. The van der Waals surface area contributed by atoms with Crippen molar-refractivity contribution in [3.8, 4) is 5.75 Å². The molecule has 4 nitrogen and oxygen atoms in total. The highest BCUT2D eigenvalue weighted by molar-refractivity contribution is 5.74. The molecule has 1 unspecified atom stereocenters. The van der Waals surface area contributed by atoms with E-state index in [-0.39, 0.29) is 24.9 Å². The number of carbonyl (C=O) groups excluding carboxylic acids is 1. The number of rotatable bonds is 5. The highest BCUT2D eigenvalue weighted by atomic mass is 19.1. The van der Waals surface area contributed by atoms with Gasteiger partial charge in [0.05, 0.1) is 6.54 Å². The van der Waals surface area contributed by atoms with Crippen molar-refractivity contribution in [3.05, 3.63) is 29.8 Å². The number of benzene rings is 1. The molecular formula is C16H22F2N2O2. The molecule has 2 amide bonds. The fourth-order valence-corrected chi connectivity index (χ4v) is 2.71. The molecule has 2 rings (SSSR count). The van der Waals surface area contributed by atoms with Gasteiger partial charge in [-0.1, -0.05) is 6.92 Å². The summed E-state index contributed by atoms with van der Waals surface area (Å²) in [6.45, 7) is 3.27. The second-order valence-corrected chi connectivity index (χ2v) is 5.41. The summed E-state index contributed by atoms with van der Waals surface area (Å²) < 4.78 is 31.3. The average Bonchev–Trinajstić information content (AvgIpc) is 2.53. The number of carbonyl (C=O) groups is 1. The molecule has 0 aromatic heterocycles. The van der Waals surface area contributed by atoms with Crippen LogP contribution in [-0.2, 0) is 0 Å². The molecule has 122 valence electrons. The van der Waals surface area contributed by atoms with E-state index < -0.39 is 11.6 Å². The van der Waals surface area contributed by atoms with E-state index in [1.807, 2.05) is 4.90 Å². The van der Waals surface area contributed by atoms with E-state index in [9.17, 15) is 13.6 Å². The highest BCUT2D eigenvalue weighted by Crippen LogP contribution is 2.19. The molecule has 22 heavy (non-hydrogen) atoms. The lowest BCUT2D eigenvalue weighted by Crippen LogP contribution is -2.49. The third-order valence-corrected chi connectivity index (χ3v) is 3.89. The van der Waals surface area contributed by atoms with Crippen LogP contribution in [0.5, 0.6) is 5.75 Å². The van der Waals surface area contributed by atoms with Crippen LogP contribution in [0.2, 0.25) is 0 Å². The molecule has 0 bridgehead atoms. The monoisotopic (exact) mass is 312 g/mol. The molecule has 1 aromatic rings. The minimum absolute atomic E-state index is 0.0138. The van der Waals surface area contributed by atoms with Crippen molar-refractivity contribution in [2.45, 2.75) is 38.6 Å². The summed E-state index contributed by atoms with van der Waals surface area (Å²) in [5.74, 6) is -1.40. The van der Waals surface area contributed by atoms with Crippen LogP contribution < -0.4 is 10.1 Å². The van der Waals surface area contributed by atoms with Crippen molar-refractivity contribution < 1.29 is 18.3 Å². The molecule has 1 aromatic carbocycles. The molecule has 0 saturated carbocycles. The van der Waals surface area contributed by atoms with Crippen LogP contribution in [0.1, 0.15) is 32.6 Å². The first-order valence-electron chi connectivity index (χ1n) is 7.74. The topological polar surface area (TPSA) is 41.6 Å². The first kappa shape index (κ1) is 16.5. The van der Waals surface area contributed by atoms with Gasteiger partial charge in [-0.05, 0) is 37.8 Å². The highest BCUT2D eigenvalue weighted by Gasteiger charge is 2.24. The van der Waals surface area contributed by atoms with E-state index in [0.717, 1.165) is 44.4 Å². The zero-order valence-electron chi connectivity index (χ0n) is 12.8. The van der Waals surface area contributed by atoms with Gasteiger partial charge in [0.1, 0.15) is 12.4 Å². The van der Waals surface area contributed by atoms with Crippen LogP contribution in [-0.4, -0.2) is 36.7 Å². The molecule has 1 aliphatic rings. The molecular weight excluding hydrogens is 290 g/mol. The molecule has 0 radical (unpaired) electrons. The number of nitrogens with zero attached hydrogens (tertiary/aromatic N) is 1. The fraction of sp³-hybridized carbons (Fsp3) is 0.562. The Bertz CT molecular complexity index is 511. The van der Waals surface area contributed by atoms with Crippen molar-refractivity contribution in [1.29, 1.82) is 0 Å². The standard InChI is InChI=1S/C16H22F2N2O2/c1-2-13-5-3-4-9-20(13)16(21)19-8-10-22-15-7-6-12(17)11-14(15)18/h6-7,11,13H,2-5,8-10H2,1H3,(H,19,21). The van der Waals surface area contributed by atoms with E-state index in [2.05, 4.69) is 12.2 Å². The Morgan fingerprint density at radius 3 is 2.95 bits per heavy atom. The number of ether oxygens (including phenoxy) is 1. The minimum Gasteiger partial charge on any atom is -0.489 e. The summed E-state index contributed by atoms with van der Waals surface area (Å²) >= 11 is 0. The van der Waals surface area contributed by atoms with Gasteiger partial charge in [-0.15, -0.1) is 0 Å². The Balaban J connectivity index is 1.74.